The Morgan fingerprint density at radius 3 is 3.30 bits per heavy atom. The van der Waals surface area contributed by atoms with Crippen LogP contribution in [0.25, 0.3) is 11.0 Å². The summed E-state index contributed by atoms with van der Waals surface area (Å²) in [7, 11) is 1.72. The van der Waals surface area contributed by atoms with Crippen LogP contribution in [-0.2, 0) is 4.74 Å². The van der Waals surface area contributed by atoms with Crippen molar-refractivity contribution in [2.24, 2.45) is 5.92 Å². The molecule has 0 spiro atoms. The number of fused-ring (bicyclic) bond motifs is 1. The molecule has 2 aromatic rings. The minimum atomic E-state index is 0.0994. The molecule has 0 saturated carbocycles. The topological polar surface area (TPSA) is 58.2 Å². The van der Waals surface area contributed by atoms with Gasteiger partial charge in [0.2, 0.25) is 0 Å². The molecular weight excluding hydrogens is 254 g/mol. The Morgan fingerprint density at radius 1 is 1.55 bits per heavy atom. The number of ether oxygens (including phenoxy) is 1. The Balaban J connectivity index is 1.77. The molecule has 0 radical (unpaired) electrons. The summed E-state index contributed by atoms with van der Waals surface area (Å²) in [4.78, 5) is 21.7. The number of methoxy groups -OCH3 is 1. The Hall–Kier alpha value is -1.88. The van der Waals surface area contributed by atoms with Gasteiger partial charge in [0.1, 0.15) is 0 Å². The van der Waals surface area contributed by atoms with Gasteiger partial charge in [0.05, 0.1) is 24.0 Å². The molecular formula is C15H19N3O2. The number of amides is 1. The molecule has 1 atom stereocenters. The van der Waals surface area contributed by atoms with Gasteiger partial charge in [-0.1, -0.05) is 0 Å². The van der Waals surface area contributed by atoms with E-state index in [4.69, 9.17) is 4.74 Å². The summed E-state index contributed by atoms with van der Waals surface area (Å²) in [5.41, 5.74) is 2.51. The van der Waals surface area contributed by atoms with Crippen LogP contribution in [-0.4, -0.2) is 47.6 Å². The predicted molar refractivity (Wildman–Crippen MR) is 76.6 cm³/mol. The van der Waals surface area contributed by atoms with Crippen molar-refractivity contribution in [3.63, 3.8) is 0 Å². The van der Waals surface area contributed by atoms with Crippen LogP contribution in [0.3, 0.4) is 0 Å². The highest BCUT2D eigenvalue weighted by atomic mass is 16.5. The quantitative estimate of drug-likeness (QED) is 0.931. The van der Waals surface area contributed by atoms with E-state index in [1.807, 2.05) is 23.1 Å². The third-order valence-corrected chi connectivity index (χ3v) is 3.88. The minimum absolute atomic E-state index is 0.0994. The van der Waals surface area contributed by atoms with Gasteiger partial charge in [-0.05, 0) is 37.0 Å². The number of likely N-dealkylation sites (tertiary alicyclic amines) is 1. The first kappa shape index (κ1) is 13.1. The van der Waals surface area contributed by atoms with E-state index in [1.54, 1.807) is 13.4 Å². The summed E-state index contributed by atoms with van der Waals surface area (Å²) in [6, 6.07) is 5.62. The zero-order valence-electron chi connectivity index (χ0n) is 11.6. The van der Waals surface area contributed by atoms with Crippen LogP contribution in [0, 0.1) is 5.92 Å². The molecule has 1 unspecified atom stereocenters. The predicted octanol–water partition coefficient (Wildman–Crippen LogP) is 2.06. The number of piperidine rings is 1. The monoisotopic (exact) mass is 273 g/mol. The molecule has 0 aliphatic carbocycles. The van der Waals surface area contributed by atoms with E-state index in [0.29, 0.717) is 5.92 Å². The van der Waals surface area contributed by atoms with Gasteiger partial charge in [-0.3, -0.25) is 4.79 Å². The number of H-pyrrole nitrogens is 1. The van der Waals surface area contributed by atoms with Crippen molar-refractivity contribution in [1.29, 1.82) is 0 Å². The van der Waals surface area contributed by atoms with Gasteiger partial charge < -0.3 is 14.6 Å². The molecule has 1 aromatic heterocycles. The molecule has 2 heterocycles. The zero-order valence-corrected chi connectivity index (χ0v) is 11.6. The van der Waals surface area contributed by atoms with E-state index >= 15 is 0 Å². The van der Waals surface area contributed by atoms with Crippen LogP contribution in [0.2, 0.25) is 0 Å². The second-order valence-corrected chi connectivity index (χ2v) is 5.35. The lowest BCUT2D eigenvalue weighted by Gasteiger charge is -2.32. The van der Waals surface area contributed by atoms with Gasteiger partial charge in [0.15, 0.2) is 0 Å². The number of hydrogen-bond acceptors (Lipinski definition) is 3. The van der Waals surface area contributed by atoms with Gasteiger partial charge in [-0.25, -0.2) is 4.98 Å². The van der Waals surface area contributed by atoms with Crippen LogP contribution in [0.1, 0.15) is 23.2 Å². The maximum Gasteiger partial charge on any atom is 0.253 e. The maximum atomic E-state index is 12.6. The Bertz CT molecular complexity index is 606. The highest BCUT2D eigenvalue weighted by Crippen LogP contribution is 2.20. The number of rotatable bonds is 3. The fraction of sp³-hybridized carbons (Fsp3) is 0.467. The van der Waals surface area contributed by atoms with E-state index in [2.05, 4.69) is 9.97 Å². The highest BCUT2D eigenvalue weighted by Gasteiger charge is 2.24. The zero-order chi connectivity index (χ0) is 13.9. The van der Waals surface area contributed by atoms with Crippen molar-refractivity contribution in [2.75, 3.05) is 26.8 Å². The minimum Gasteiger partial charge on any atom is -0.384 e. The van der Waals surface area contributed by atoms with E-state index in [1.165, 1.54) is 0 Å². The Labute approximate surface area is 117 Å². The van der Waals surface area contributed by atoms with E-state index in [9.17, 15) is 4.79 Å². The van der Waals surface area contributed by atoms with Gasteiger partial charge in [-0.2, -0.15) is 0 Å². The van der Waals surface area contributed by atoms with Crippen molar-refractivity contribution in [1.82, 2.24) is 14.9 Å². The molecule has 3 rings (SSSR count). The largest absolute Gasteiger partial charge is 0.384 e. The molecule has 1 N–H and O–H groups in total. The van der Waals surface area contributed by atoms with Crippen molar-refractivity contribution >= 4 is 16.9 Å². The van der Waals surface area contributed by atoms with Crippen molar-refractivity contribution in [2.45, 2.75) is 12.8 Å². The summed E-state index contributed by atoms with van der Waals surface area (Å²) in [5, 5.41) is 0. The molecule has 20 heavy (non-hydrogen) atoms. The molecule has 5 nitrogen and oxygen atoms in total. The molecule has 0 bridgehead atoms. The summed E-state index contributed by atoms with van der Waals surface area (Å²) >= 11 is 0. The van der Waals surface area contributed by atoms with Gasteiger partial charge >= 0.3 is 0 Å². The second kappa shape index (κ2) is 5.63. The number of nitrogens with one attached hydrogen (secondary N) is 1. The fourth-order valence-corrected chi connectivity index (χ4v) is 2.87. The van der Waals surface area contributed by atoms with Crippen LogP contribution in [0.5, 0.6) is 0 Å². The van der Waals surface area contributed by atoms with E-state index in [-0.39, 0.29) is 5.91 Å². The second-order valence-electron chi connectivity index (χ2n) is 5.35. The third-order valence-electron chi connectivity index (χ3n) is 3.88. The van der Waals surface area contributed by atoms with Crippen LogP contribution in [0.4, 0.5) is 0 Å². The normalized spacial score (nSPS) is 19.4. The lowest BCUT2D eigenvalue weighted by atomic mass is 9.98. The van der Waals surface area contributed by atoms with E-state index < -0.39 is 0 Å². The van der Waals surface area contributed by atoms with E-state index in [0.717, 1.165) is 49.1 Å². The Kier molecular flexibility index (Phi) is 3.69. The van der Waals surface area contributed by atoms with Crippen LogP contribution < -0.4 is 0 Å². The number of carbonyl (C=O) groups is 1. The lowest BCUT2D eigenvalue weighted by molar-refractivity contribution is 0.0571. The van der Waals surface area contributed by atoms with Gasteiger partial charge in [0.25, 0.3) is 5.91 Å². The average Bonchev–Trinajstić information content (AvgIpc) is 2.94. The Morgan fingerprint density at radius 2 is 2.45 bits per heavy atom. The number of imidazole rings is 1. The number of hydrogen-bond donors (Lipinski definition) is 1. The maximum absolute atomic E-state index is 12.6. The average molecular weight is 273 g/mol. The number of carbonyl (C=O) groups excluding carboxylic acids is 1. The van der Waals surface area contributed by atoms with Gasteiger partial charge in [0, 0.05) is 25.8 Å². The molecule has 1 fully saturated rings. The fourth-order valence-electron chi connectivity index (χ4n) is 2.87. The summed E-state index contributed by atoms with van der Waals surface area (Å²) < 4.78 is 5.21. The highest BCUT2D eigenvalue weighted by molar-refractivity contribution is 5.97. The standard InChI is InChI=1S/C15H19N3O2/c1-20-9-11-3-2-6-18(8-11)15(19)12-4-5-13-14(7-12)17-10-16-13/h4-5,7,10-11H,2-3,6,8-9H2,1H3,(H,16,17). The number of aromatic amines is 1. The first-order chi connectivity index (χ1) is 9.78. The molecule has 1 aliphatic heterocycles. The summed E-state index contributed by atoms with van der Waals surface area (Å²) in [5.74, 6) is 0.552. The molecule has 1 aromatic carbocycles. The smallest absolute Gasteiger partial charge is 0.253 e. The SMILES string of the molecule is COCC1CCCN(C(=O)c2ccc3nc[nH]c3c2)C1. The van der Waals surface area contributed by atoms with Crippen molar-refractivity contribution < 1.29 is 9.53 Å². The molecule has 1 saturated heterocycles. The van der Waals surface area contributed by atoms with Crippen molar-refractivity contribution in [3.8, 4) is 0 Å². The van der Waals surface area contributed by atoms with Crippen LogP contribution >= 0.6 is 0 Å². The first-order valence-electron chi connectivity index (χ1n) is 6.99. The summed E-state index contributed by atoms with van der Waals surface area (Å²) in [6.07, 6.45) is 3.83. The number of benzene rings is 1. The molecule has 106 valence electrons. The van der Waals surface area contributed by atoms with Gasteiger partial charge in [-0.15, -0.1) is 0 Å². The van der Waals surface area contributed by atoms with Crippen LogP contribution in [0.15, 0.2) is 24.5 Å². The molecule has 1 amide bonds. The van der Waals surface area contributed by atoms with Crippen molar-refractivity contribution in [3.05, 3.63) is 30.1 Å². The third kappa shape index (κ3) is 2.54. The lowest BCUT2D eigenvalue weighted by Crippen LogP contribution is -2.41. The first-order valence-corrected chi connectivity index (χ1v) is 6.99. The molecule has 1 aliphatic rings. The molecule has 5 heteroatoms. The number of aromatic nitrogens is 2. The number of nitrogens with zero attached hydrogens (tertiary/aromatic N) is 2. The summed E-state index contributed by atoms with van der Waals surface area (Å²) in [6.45, 7) is 2.34.